The van der Waals surface area contributed by atoms with Gasteiger partial charge >= 0.3 is 5.69 Å². The van der Waals surface area contributed by atoms with Crippen LogP contribution in [-0.2, 0) is 0 Å². The molecule has 29 heavy (non-hydrogen) atoms. The molecule has 0 saturated heterocycles. The van der Waals surface area contributed by atoms with Crippen LogP contribution in [0.4, 0.5) is 5.69 Å². The zero-order valence-corrected chi connectivity index (χ0v) is 16.0. The van der Waals surface area contributed by atoms with Crippen molar-refractivity contribution in [2.75, 3.05) is 7.11 Å². The number of benzene rings is 1. The zero-order valence-electron chi connectivity index (χ0n) is 15.2. The van der Waals surface area contributed by atoms with Crippen molar-refractivity contribution in [3.8, 4) is 17.0 Å². The minimum atomic E-state index is -0.497. The topological polar surface area (TPSA) is 99.6 Å². The van der Waals surface area contributed by atoms with Gasteiger partial charge in [-0.25, -0.2) is 4.98 Å². The maximum Gasteiger partial charge on any atom is 0.311 e. The number of imidazole rings is 1. The van der Waals surface area contributed by atoms with Crippen LogP contribution < -0.4 is 4.74 Å². The van der Waals surface area contributed by atoms with Crippen molar-refractivity contribution in [1.82, 2.24) is 14.4 Å². The normalized spacial score (nSPS) is 11.2. The molecule has 8 nitrogen and oxygen atoms in total. The van der Waals surface area contributed by atoms with Gasteiger partial charge in [0.2, 0.25) is 0 Å². The zero-order chi connectivity index (χ0) is 20.4. The molecule has 0 unspecified atom stereocenters. The molecule has 3 heterocycles. The average molecular weight is 406 g/mol. The third-order valence-corrected chi connectivity index (χ3v) is 5.06. The van der Waals surface area contributed by atoms with E-state index in [1.165, 1.54) is 36.7 Å². The van der Waals surface area contributed by atoms with E-state index in [-0.39, 0.29) is 17.2 Å². The molecule has 0 atom stereocenters. The van der Waals surface area contributed by atoms with Gasteiger partial charge in [0.05, 0.1) is 23.4 Å². The highest BCUT2D eigenvalue weighted by molar-refractivity contribution is 7.15. The Hall–Kier alpha value is -3.85. The van der Waals surface area contributed by atoms with Crippen molar-refractivity contribution in [3.05, 3.63) is 81.8 Å². The summed E-state index contributed by atoms with van der Waals surface area (Å²) in [6, 6.07) is 7.94. The number of nitrogens with zero attached hydrogens (tertiary/aromatic N) is 4. The fourth-order valence-corrected chi connectivity index (χ4v) is 3.64. The second-order valence-electron chi connectivity index (χ2n) is 5.98. The summed E-state index contributed by atoms with van der Waals surface area (Å²) in [5.74, 6) is -0.00558. The quantitative estimate of drug-likeness (QED) is 0.205. The molecule has 144 valence electrons. The van der Waals surface area contributed by atoms with Crippen LogP contribution in [0.15, 0.2) is 60.4 Å². The van der Waals surface area contributed by atoms with E-state index in [1.54, 1.807) is 36.7 Å². The second kappa shape index (κ2) is 7.64. The summed E-state index contributed by atoms with van der Waals surface area (Å²) in [5, 5.41) is 13.3. The molecule has 0 saturated carbocycles. The van der Waals surface area contributed by atoms with Gasteiger partial charge in [-0.3, -0.25) is 24.3 Å². The first kappa shape index (κ1) is 18.5. The third kappa shape index (κ3) is 3.50. The van der Waals surface area contributed by atoms with E-state index in [0.29, 0.717) is 22.5 Å². The number of carbonyl (C=O) groups excluding carboxylic acids is 1. The first-order valence-corrected chi connectivity index (χ1v) is 9.37. The van der Waals surface area contributed by atoms with Crippen LogP contribution in [0, 0.1) is 10.1 Å². The lowest BCUT2D eigenvalue weighted by Crippen LogP contribution is -1.96. The Morgan fingerprint density at radius 1 is 1.28 bits per heavy atom. The molecule has 0 N–H and O–H groups in total. The SMILES string of the molecule is COc1ccc(-c2nc3sccn3c2C=CC(=O)c2ccncc2)cc1[N+](=O)[O-]. The van der Waals surface area contributed by atoms with Crippen LogP contribution in [0.3, 0.4) is 0 Å². The van der Waals surface area contributed by atoms with Gasteiger partial charge in [-0.2, -0.15) is 0 Å². The van der Waals surface area contributed by atoms with Crippen LogP contribution in [0.5, 0.6) is 5.75 Å². The molecule has 3 aromatic heterocycles. The molecule has 0 spiro atoms. The number of ketones is 1. The molecule has 0 amide bonds. The molecule has 0 fully saturated rings. The maximum atomic E-state index is 12.4. The molecular weight excluding hydrogens is 392 g/mol. The molecule has 0 aliphatic rings. The summed E-state index contributed by atoms with van der Waals surface area (Å²) in [6.45, 7) is 0. The molecule has 0 aliphatic carbocycles. The highest BCUT2D eigenvalue weighted by atomic mass is 32.1. The molecule has 1 aromatic carbocycles. The van der Waals surface area contributed by atoms with Gasteiger partial charge in [0.1, 0.15) is 0 Å². The van der Waals surface area contributed by atoms with Crippen molar-refractivity contribution in [1.29, 1.82) is 0 Å². The number of allylic oxidation sites excluding steroid dienone is 1. The largest absolute Gasteiger partial charge is 0.490 e. The van der Waals surface area contributed by atoms with Crippen molar-refractivity contribution < 1.29 is 14.5 Å². The Kier molecular flexibility index (Phi) is 4.88. The van der Waals surface area contributed by atoms with E-state index in [2.05, 4.69) is 9.97 Å². The Balaban J connectivity index is 1.80. The molecule has 9 heteroatoms. The van der Waals surface area contributed by atoms with Gasteiger partial charge in [0.15, 0.2) is 16.5 Å². The second-order valence-corrected chi connectivity index (χ2v) is 6.85. The van der Waals surface area contributed by atoms with Crippen LogP contribution in [0.25, 0.3) is 22.3 Å². The number of pyridine rings is 1. The van der Waals surface area contributed by atoms with E-state index in [1.807, 2.05) is 16.0 Å². The number of rotatable bonds is 6. The van der Waals surface area contributed by atoms with E-state index >= 15 is 0 Å². The summed E-state index contributed by atoms with van der Waals surface area (Å²) in [4.78, 5) is 32.5. The standard InChI is InChI=1S/C20H14N4O4S/c1-28-18-5-2-14(12-16(18)24(26)27)19-15(23-10-11-29-20(23)22-19)3-4-17(25)13-6-8-21-9-7-13/h2-12H,1H3. The lowest BCUT2D eigenvalue weighted by atomic mass is 10.1. The summed E-state index contributed by atoms with van der Waals surface area (Å²) < 4.78 is 6.91. The number of hydrogen-bond donors (Lipinski definition) is 0. The molecule has 4 aromatic rings. The molecular formula is C20H14N4O4S. The van der Waals surface area contributed by atoms with Gasteiger partial charge in [-0.05, 0) is 36.4 Å². The van der Waals surface area contributed by atoms with Gasteiger partial charge in [0, 0.05) is 41.2 Å². The number of thiazole rings is 1. The first-order valence-electron chi connectivity index (χ1n) is 8.49. The number of methoxy groups -OCH3 is 1. The Bertz CT molecular complexity index is 1240. The van der Waals surface area contributed by atoms with E-state index < -0.39 is 4.92 Å². The molecule has 0 aliphatic heterocycles. The fraction of sp³-hybridized carbons (Fsp3) is 0.0500. The number of nitro groups is 1. The number of hydrogen-bond acceptors (Lipinski definition) is 7. The summed E-state index contributed by atoms with van der Waals surface area (Å²) >= 11 is 1.43. The number of nitro benzene ring substituents is 1. The number of ether oxygens (including phenoxy) is 1. The van der Waals surface area contributed by atoms with Crippen molar-refractivity contribution in [2.45, 2.75) is 0 Å². The van der Waals surface area contributed by atoms with Crippen molar-refractivity contribution in [2.24, 2.45) is 0 Å². The van der Waals surface area contributed by atoms with E-state index in [4.69, 9.17) is 4.74 Å². The minimum absolute atomic E-state index is 0.149. The third-order valence-electron chi connectivity index (χ3n) is 4.31. The van der Waals surface area contributed by atoms with Crippen molar-refractivity contribution in [3.63, 3.8) is 0 Å². The smallest absolute Gasteiger partial charge is 0.311 e. The maximum absolute atomic E-state index is 12.4. The van der Waals surface area contributed by atoms with Crippen LogP contribution in [0.1, 0.15) is 16.1 Å². The summed E-state index contributed by atoms with van der Waals surface area (Å²) in [7, 11) is 1.38. The molecule has 0 radical (unpaired) electrons. The van der Waals surface area contributed by atoms with Crippen LogP contribution in [-0.4, -0.2) is 32.2 Å². The van der Waals surface area contributed by atoms with Crippen LogP contribution in [0.2, 0.25) is 0 Å². The molecule has 0 bridgehead atoms. The summed E-state index contributed by atoms with van der Waals surface area (Å²) in [5.41, 5.74) is 2.13. The monoisotopic (exact) mass is 406 g/mol. The van der Waals surface area contributed by atoms with Crippen molar-refractivity contribution >= 4 is 33.8 Å². The van der Waals surface area contributed by atoms with Gasteiger partial charge in [-0.15, -0.1) is 11.3 Å². The van der Waals surface area contributed by atoms with Gasteiger partial charge in [-0.1, -0.05) is 0 Å². The average Bonchev–Trinajstić information content (AvgIpc) is 3.33. The summed E-state index contributed by atoms with van der Waals surface area (Å²) in [6.07, 6.45) is 8.07. The highest BCUT2D eigenvalue weighted by Gasteiger charge is 2.20. The Morgan fingerprint density at radius 2 is 2.07 bits per heavy atom. The Labute approximate surface area is 168 Å². The fourth-order valence-electron chi connectivity index (χ4n) is 2.92. The number of aromatic nitrogens is 3. The first-order chi connectivity index (χ1) is 14.1. The van der Waals surface area contributed by atoms with E-state index in [0.717, 1.165) is 4.96 Å². The lowest BCUT2D eigenvalue weighted by molar-refractivity contribution is -0.385. The van der Waals surface area contributed by atoms with Crippen LogP contribution >= 0.6 is 11.3 Å². The lowest BCUT2D eigenvalue weighted by Gasteiger charge is -2.04. The highest BCUT2D eigenvalue weighted by Crippen LogP contribution is 2.34. The predicted octanol–water partition coefficient (Wildman–Crippen LogP) is 4.27. The van der Waals surface area contributed by atoms with Gasteiger partial charge in [0.25, 0.3) is 0 Å². The molecule has 4 rings (SSSR count). The number of fused-ring (bicyclic) bond motifs is 1. The van der Waals surface area contributed by atoms with Gasteiger partial charge < -0.3 is 4.74 Å². The minimum Gasteiger partial charge on any atom is -0.490 e. The van der Waals surface area contributed by atoms with E-state index in [9.17, 15) is 14.9 Å². The Morgan fingerprint density at radius 3 is 2.79 bits per heavy atom. The predicted molar refractivity (Wildman–Crippen MR) is 109 cm³/mol. The number of carbonyl (C=O) groups is 1.